The van der Waals surface area contributed by atoms with Gasteiger partial charge in [-0.3, -0.25) is 9.59 Å². The van der Waals surface area contributed by atoms with Crippen molar-refractivity contribution < 1.29 is 9.59 Å². The van der Waals surface area contributed by atoms with Gasteiger partial charge in [-0.25, -0.2) is 0 Å². The predicted molar refractivity (Wildman–Crippen MR) is 85.1 cm³/mol. The van der Waals surface area contributed by atoms with E-state index in [4.69, 9.17) is 5.73 Å². The van der Waals surface area contributed by atoms with Crippen LogP contribution in [0.5, 0.6) is 0 Å². The van der Waals surface area contributed by atoms with Gasteiger partial charge in [-0.05, 0) is 37.5 Å². The minimum absolute atomic E-state index is 0.0602. The molecule has 0 aromatic heterocycles. The molecule has 1 rings (SSSR count). The van der Waals surface area contributed by atoms with Gasteiger partial charge in [-0.15, -0.1) is 0 Å². The summed E-state index contributed by atoms with van der Waals surface area (Å²) in [4.78, 5) is 24.0. The van der Waals surface area contributed by atoms with Crippen LogP contribution < -0.4 is 16.4 Å². The molecule has 0 aliphatic heterocycles. The molecule has 0 saturated carbocycles. The van der Waals surface area contributed by atoms with E-state index in [0.717, 1.165) is 0 Å². The van der Waals surface area contributed by atoms with Crippen molar-refractivity contribution in [3.8, 4) is 0 Å². The molecule has 1 atom stereocenters. The Balaban J connectivity index is 2.82. The van der Waals surface area contributed by atoms with Gasteiger partial charge < -0.3 is 16.4 Å². The maximum atomic E-state index is 12.1. The first-order chi connectivity index (χ1) is 9.61. The molecule has 0 fully saturated rings. The molecule has 1 aromatic carbocycles. The Labute approximate surface area is 126 Å². The van der Waals surface area contributed by atoms with Crippen LogP contribution >= 0.6 is 0 Å². The number of hydrogen-bond donors (Lipinski definition) is 3. The van der Waals surface area contributed by atoms with Crippen molar-refractivity contribution in [2.24, 2.45) is 11.1 Å². The number of benzene rings is 1. The molecule has 21 heavy (non-hydrogen) atoms. The largest absolute Gasteiger partial charge is 0.350 e. The smallest absolute Gasteiger partial charge is 0.251 e. The monoisotopic (exact) mass is 291 g/mol. The van der Waals surface area contributed by atoms with E-state index < -0.39 is 6.04 Å². The molecule has 0 heterocycles. The second kappa shape index (κ2) is 6.72. The van der Waals surface area contributed by atoms with Crippen LogP contribution in [0, 0.1) is 5.41 Å². The molecule has 0 aliphatic carbocycles. The Kier molecular flexibility index (Phi) is 5.49. The van der Waals surface area contributed by atoms with E-state index in [0.29, 0.717) is 11.3 Å². The first kappa shape index (κ1) is 17.2. The molecule has 0 spiro atoms. The van der Waals surface area contributed by atoms with E-state index in [2.05, 4.69) is 10.6 Å². The van der Waals surface area contributed by atoms with Crippen LogP contribution in [-0.2, 0) is 4.79 Å². The summed E-state index contributed by atoms with van der Waals surface area (Å²) in [5, 5.41) is 5.56. The van der Waals surface area contributed by atoms with Gasteiger partial charge in [0.05, 0.1) is 6.04 Å². The highest BCUT2D eigenvalue weighted by Gasteiger charge is 2.27. The number of amides is 2. The maximum Gasteiger partial charge on any atom is 0.251 e. The molecule has 0 bridgehead atoms. The highest BCUT2D eigenvalue weighted by atomic mass is 16.2. The van der Waals surface area contributed by atoms with E-state index in [1.165, 1.54) is 0 Å². The topological polar surface area (TPSA) is 84.2 Å². The second-order valence-electron chi connectivity index (χ2n) is 6.54. The van der Waals surface area contributed by atoms with Gasteiger partial charge >= 0.3 is 0 Å². The first-order valence-corrected chi connectivity index (χ1v) is 7.08. The molecule has 4 N–H and O–H groups in total. The Morgan fingerprint density at radius 3 is 2.33 bits per heavy atom. The summed E-state index contributed by atoms with van der Waals surface area (Å²) >= 11 is 0. The summed E-state index contributed by atoms with van der Waals surface area (Å²) in [5.41, 5.74) is 6.66. The number of carbonyl (C=O) groups is 2. The maximum absolute atomic E-state index is 12.1. The lowest BCUT2D eigenvalue weighted by molar-refractivity contribution is -0.119. The van der Waals surface area contributed by atoms with Crippen LogP contribution in [0.1, 0.15) is 45.0 Å². The normalized spacial score (nSPS) is 12.9. The molecule has 0 aliphatic rings. The molecular weight excluding hydrogens is 266 g/mol. The van der Waals surface area contributed by atoms with Crippen LogP contribution in [0.3, 0.4) is 0 Å². The molecule has 2 amide bonds. The first-order valence-electron chi connectivity index (χ1n) is 7.08. The van der Waals surface area contributed by atoms with E-state index >= 15 is 0 Å². The Hall–Kier alpha value is -1.88. The fourth-order valence-corrected chi connectivity index (χ4v) is 1.70. The van der Waals surface area contributed by atoms with Gasteiger partial charge in [0.2, 0.25) is 5.91 Å². The third kappa shape index (κ3) is 5.19. The van der Waals surface area contributed by atoms with Crippen molar-refractivity contribution in [1.29, 1.82) is 0 Å². The quantitative estimate of drug-likeness (QED) is 0.794. The molecule has 116 valence electrons. The van der Waals surface area contributed by atoms with Crippen molar-refractivity contribution >= 4 is 17.5 Å². The van der Waals surface area contributed by atoms with Gasteiger partial charge in [0.15, 0.2) is 0 Å². The number of nitrogens with two attached hydrogens (primary N) is 1. The van der Waals surface area contributed by atoms with Crippen LogP contribution in [0.25, 0.3) is 0 Å². The van der Waals surface area contributed by atoms with Crippen LogP contribution in [0.2, 0.25) is 0 Å². The van der Waals surface area contributed by atoms with Gasteiger partial charge in [-0.2, -0.15) is 0 Å². The lowest BCUT2D eigenvalue weighted by Crippen LogP contribution is -2.45. The molecule has 5 heteroatoms. The number of rotatable bonds is 4. The summed E-state index contributed by atoms with van der Waals surface area (Å²) in [6, 6.07) is 6.25. The predicted octanol–water partition coefficient (Wildman–Crippen LogP) is 2.14. The minimum atomic E-state index is -0.620. The number of carbonyl (C=O) groups excluding carboxylic acids is 2. The zero-order valence-electron chi connectivity index (χ0n) is 13.4. The van der Waals surface area contributed by atoms with E-state index in [-0.39, 0.29) is 23.3 Å². The Morgan fingerprint density at radius 2 is 1.81 bits per heavy atom. The summed E-state index contributed by atoms with van der Waals surface area (Å²) in [6.45, 7) is 9.51. The van der Waals surface area contributed by atoms with Crippen molar-refractivity contribution in [3.63, 3.8) is 0 Å². The van der Waals surface area contributed by atoms with Crippen LogP contribution in [0.4, 0.5) is 5.69 Å². The lowest BCUT2D eigenvalue weighted by atomic mass is 9.87. The Bertz CT molecular complexity index is 518. The van der Waals surface area contributed by atoms with Crippen molar-refractivity contribution in [3.05, 3.63) is 29.8 Å². The third-order valence-electron chi connectivity index (χ3n) is 3.03. The van der Waals surface area contributed by atoms with Crippen molar-refractivity contribution in [2.45, 2.75) is 46.7 Å². The van der Waals surface area contributed by atoms with Gasteiger partial charge in [0, 0.05) is 17.3 Å². The summed E-state index contributed by atoms with van der Waals surface area (Å²) in [6.07, 6.45) is 0. The number of nitrogens with one attached hydrogen (secondary N) is 2. The lowest BCUT2D eigenvalue weighted by Gasteiger charge is -2.25. The molecule has 5 nitrogen and oxygen atoms in total. The fourth-order valence-electron chi connectivity index (χ4n) is 1.70. The molecular formula is C16H25N3O2. The standard InChI is InChI=1S/C16H25N3O2/c1-10(2)18-14(20)11-7-6-8-12(9-11)19-15(21)13(17)16(3,4)5/h6-10,13H,17H2,1-5H3,(H,18,20)(H,19,21). The highest BCUT2D eigenvalue weighted by molar-refractivity contribution is 5.98. The van der Waals surface area contributed by atoms with E-state index in [1.807, 2.05) is 34.6 Å². The number of hydrogen-bond acceptors (Lipinski definition) is 3. The van der Waals surface area contributed by atoms with Crippen LogP contribution in [-0.4, -0.2) is 23.9 Å². The number of anilines is 1. The summed E-state index contributed by atoms with van der Waals surface area (Å²) in [7, 11) is 0. The Morgan fingerprint density at radius 1 is 1.19 bits per heavy atom. The summed E-state index contributed by atoms with van der Waals surface area (Å²) in [5.74, 6) is -0.426. The van der Waals surface area contributed by atoms with Gasteiger partial charge in [0.1, 0.15) is 0 Å². The minimum Gasteiger partial charge on any atom is -0.350 e. The SMILES string of the molecule is CC(C)NC(=O)c1cccc(NC(=O)C(N)C(C)(C)C)c1. The second-order valence-corrected chi connectivity index (χ2v) is 6.54. The molecule has 0 radical (unpaired) electrons. The van der Waals surface area contributed by atoms with Gasteiger partial charge in [-0.1, -0.05) is 26.8 Å². The molecule has 0 saturated heterocycles. The fraction of sp³-hybridized carbons (Fsp3) is 0.500. The van der Waals surface area contributed by atoms with Crippen LogP contribution in [0.15, 0.2) is 24.3 Å². The molecule has 1 aromatic rings. The van der Waals surface area contributed by atoms with E-state index in [9.17, 15) is 9.59 Å². The zero-order chi connectivity index (χ0) is 16.2. The summed E-state index contributed by atoms with van der Waals surface area (Å²) < 4.78 is 0. The van der Waals surface area contributed by atoms with Crippen molar-refractivity contribution in [1.82, 2.24) is 5.32 Å². The zero-order valence-corrected chi connectivity index (χ0v) is 13.4. The molecule has 1 unspecified atom stereocenters. The average Bonchev–Trinajstić information content (AvgIpc) is 2.36. The van der Waals surface area contributed by atoms with Gasteiger partial charge in [0.25, 0.3) is 5.91 Å². The highest BCUT2D eigenvalue weighted by Crippen LogP contribution is 2.19. The third-order valence-corrected chi connectivity index (χ3v) is 3.03. The average molecular weight is 291 g/mol. The van der Waals surface area contributed by atoms with Crippen molar-refractivity contribution in [2.75, 3.05) is 5.32 Å². The van der Waals surface area contributed by atoms with E-state index in [1.54, 1.807) is 24.3 Å².